The van der Waals surface area contributed by atoms with Crippen LogP contribution in [0.4, 0.5) is 0 Å². The summed E-state index contributed by atoms with van der Waals surface area (Å²) in [7, 11) is -3.68. The molecule has 0 aliphatic carbocycles. The van der Waals surface area contributed by atoms with Gasteiger partial charge in [0.2, 0.25) is 10.0 Å². The Morgan fingerprint density at radius 1 is 1.24 bits per heavy atom. The Morgan fingerprint density at radius 2 is 1.86 bits per heavy atom. The summed E-state index contributed by atoms with van der Waals surface area (Å²) in [5, 5.41) is 0.463. The minimum absolute atomic E-state index is 0.0254. The number of halogens is 3. The largest absolute Gasteiger partial charge is 0.244 e. The molecule has 1 aromatic carbocycles. The molecule has 0 aliphatic rings. The summed E-state index contributed by atoms with van der Waals surface area (Å²) in [5.41, 5.74) is 0.518. The Hall–Kier alpha value is -0.000000000000000111. The van der Waals surface area contributed by atoms with Gasteiger partial charge in [0.25, 0.3) is 0 Å². The molecule has 1 unspecified atom stereocenters. The molecule has 1 rings (SSSR count). The molecule has 0 saturated heterocycles. The average molecular weight is 373 g/mol. The Bertz CT molecular complexity index is 590. The third-order valence-corrected chi connectivity index (χ3v) is 6.44. The maximum Gasteiger partial charge on any atom is 0.244 e. The lowest BCUT2D eigenvalue weighted by Crippen LogP contribution is -2.34. The molecule has 0 aromatic heterocycles. The van der Waals surface area contributed by atoms with Crippen molar-refractivity contribution in [3.63, 3.8) is 0 Å². The number of rotatable bonds is 7. The van der Waals surface area contributed by atoms with Gasteiger partial charge in [0.15, 0.2) is 0 Å². The van der Waals surface area contributed by atoms with Crippen molar-refractivity contribution in [3.05, 3.63) is 27.7 Å². The zero-order valence-electron chi connectivity index (χ0n) is 12.4. The van der Waals surface area contributed by atoms with E-state index in [4.69, 9.17) is 34.8 Å². The van der Waals surface area contributed by atoms with E-state index in [0.29, 0.717) is 23.7 Å². The number of nitrogens with zero attached hydrogens (tertiary/aromatic N) is 1. The summed E-state index contributed by atoms with van der Waals surface area (Å²) in [6, 6.07) is 2.97. The molecule has 0 N–H and O–H groups in total. The first-order valence-electron chi connectivity index (χ1n) is 6.81. The van der Waals surface area contributed by atoms with Gasteiger partial charge in [0.05, 0.1) is 5.02 Å². The predicted molar refractivity (Wildman–Crippen MR) is 89.9 cm³/mol. The van der Waals surface area contributed by atoms with Crippen LogP contribution in [0, 0.1) is 5.92 Å². The molecular formula is C14H20Cl3NO2S. The smallest absolute Gasteiger partial charge is 0.207 e. The van der Waals surface area contributed by atoms with E-state index < -0.39 is 10.0 Å². The topological polar surface area (TPSA) is 37.4 Å². The molecule has 0 amide bonds. The molecule has 120 valence electrons. The lowest BCUT2D eigenvalue weighted by atomic mass is 10.1. The predicted octanol–water partition coefficient (Wildman–Crippen LogP) is 4.79. The van der Waals surface area contributed by atoms with Gasteiger partial charge in [-0.1, -0.05) is 50.4 Å². The van der Waals surface area contributed by atoms with Crippen molar-refractivity contribution in [1.29, 1.82) is 0 Å². The van der Waals surface area contributed by atoms with Crippen LogP contribution in [-0.2, 0) is 15.9 Å². The van der Waals surface area contributed by atoms with Gasteiger partial charge < -0.3 is 0 Å². The highest BCUT2D eigenvalue weighted by atomic mass is 35.5. The number of hydrogen-bond acceptors (Lipinski definition) is 2. The molecule has 0 radical (unpaired) electrons. The normalized spacial score (nSPS) is 13.7. The fourth-order valence-electron chi connectivity index (χ4n) is 1.92. The van der Waals surface area contributed by atoms with Crippen molar-refractivity contribution in [2.75, 3.05) is 13.1 Å². The van der Waals surface area contributed by atoms with Crippen LogP contribution in [0.25, 0.3) is 0 Å². The van der Waals surface area contributed by atoms with Gasteiger partial charge >= 0.3 is 0 Å². The van der Waals surface area contributed by atoms with Crippen LogP contribution in [0.5, 0.6) is 0 Å². The van der Waals surface area contributed by atoms with Gasteiger partial charge in [-0.15, -0.1) is 11.6 Å². The van der Waals surface area contributed by atoms with Crippen LogP contribution < -0.4 is 0 Å². The van der Waals surface area contributed by atoms with E-state index in [-0.39, 0.29) is 21.7 Å². The monoisotopic (exact) mass is 371 g/mol. The average Bonchev–Trinajstić information content (AvgIpc) is 2.45. The second-order valence-electron chi connectivity index (χ2n) is 4.98. The molecule has 1 atom stereocenters. The zero-order chi connectivity index (χ0) is 16.2. The summed E-state index contributed by atoms with van der Waals surface area (Å²) < 4.78 is 27.0. The Kier molecular flexibility index (Phi) is 7.28. The zero-order valence-corrected chi connectivity index (χ0v) is 15.5. The van der Waals surface area contributed by atoms with Crippen molar-refractivity contribution >= 4 is 44.8 Å². The molecular weight excluding hydrogens is 353 g/mol. The Balaban J connectivity index is 3.32. The molecule has 21 heavy (non-hydrogen) atoms. The van der Waals surface area contributed by atoms with E-state index in [0.717, 1.165) is 6.42 Å². The van der Waals surface area contributed by atoms with Crippen LogP contribution in [0.3, 0.4) is 0 Å². The highest BCUT2D eigenvalue weighted by Gasteiger charge is 2.28. The van der Waals surface area contributed by atoms with Crippen molar-refractivity contribution < 1.29 is 8.42 Å². The summed E-state index contributed by atoms with van der Waals surface area (Å²) in [4.78, 5) is 0.0254. The molecule has 0 spiro atoms. The molecule has 0 aliphatic heterocycles. The number of alkyl halides is 1. The van der Waals surface area contributed by atoms with E-state index >= 15 is 0 Å². The fraction of sp³-hybridized carbons (Fsp3) is 0.571. The summed E-state index contributed by atoms with van der Waals surface area (Å²) in [6.07, 6.45) is 0.905. The van der Waals surface area contributed by atoms with E-state index in [1.165, 1.54) is 10.4 Å². The van der Waals surface area contributed by atoms with Crippen LogP contribution in [0.15, 0.2) is 17.0 Å². The van der Waals surface area contributed by atoms with Gasteiger partial charge in [-0.25, -0.2) is 8.42 Å². The van der Waals surface area contributed by atoms with Crippen molar-refractivity contribution in [3.8, 4) is 0 Å². The molecule has 0 heterocycles. The maximum absolute atomic E-state index is 12.8. The van der Waals surface area contributed by atoms with Crippen LogP contribution in [-0.4, -0.2) is 25.8 Å². The summed E-state index contributed by atoms with van der Waals surface area (Å²) >= 11 is 18.0. The van der Waals surface area contributed by atoms with E-state index in [1.54, 1.807) is 13.0 Å². The van der Waals surface area contributed by atoms with Gasteiger partial charge in [0, 0.05) is 24.0 Å². The molecule has 0 saturated carbocycles. The molecule has 0 bridgehead atoms. The van der Waals surface area contributed by atoms with E-state index in [1.807, 2.05) is 13.8 Å². The number of sulfonamides is 1. The number of hydrogen-bond donors (Lipinski definition) is 0. The highest BCUT2D eigenvalue weighted by molar-refractivity contribution is 7.89. The fourth-order valence-corrected chi connectivity index (χ4v) is 4.67. The van der Waals surface area contributed by atoms with Crippen molar-refractivity contribution in [1.82, 2.24) is 4.31 Å². The summed E-state index contributed by atoms with van der Waals surface area (Å²) in [5.74, 6) is 0.379. The van der Waals surface area contributed by atoms with Crippen LogP contribution >= 0.6 is 34.8 Å². The maximum atomic E-state index is 12.8. The SMILES string of the molecule is CCC(C)CN(CC)S(=O)(=O)c1cc(Cl)cc(CCl)c1Cl. The third kappa shape index (κ3) is 4.49. The van der Waals surface area contributed by atoms with Gasteiger partial charge in [-0.05, 0) is 23.6 Å². The van der Waals surface area contributed by atoms with Gasteiger partial charge in [-0.3, -0.25) is 0 Å². The van der Waals surface area contributed by atoms with E-state index in [2.05, 4.69) is 0 Å². The van der Waals surface area contributed by atoms with Gasteiger partial charge in [0.1, 0.15) is 4.90 Å². The first kappa shape index (κ1) is 19.0. The highest BCUT2D eigenvalue weighted by Crippen LogP contribution is 2.32. The third-order valence-electron chi connectivity index (χ3n) is 3.41. The first-order chi connectivity index (χ1) is 9.77. The molecule has 0 fully saturated rings. The van der Waals surface area contributed by atoms with Crippen molar-refractivity contribution in [2.45, 2.75) is 38.0 Å². The Morgan fingerprint density at radius 3 is 2.33 bits per heavy atom. The summed E-state index contributed by atoms with van der Waals surface area (Å²) in [6.45, 7) is 6.69. The second-order valence-corrected chi connectivity index (χ2v) is 7.97. The lowest BCUT2D eigenvalue weighted by molar-refractivity contribution is 0.361. The van der Waals surface area contributed by atoms with Crippen LogP contribution in [0.1, 0.15) is 32.8 Å². The number of benzene rings is 1. The molecule has 3 nitrogen and oxygen atoms in total. The second kappa shape index (κ2) is 8.02. The molecule has 7 heteroatoms. The standard InChI is InChI=1S/C14H20Cl3NO2S/c1-4-10(3)9-18(5-2)21(19,20)13-7-12(16)6-11(8-15)14(13)17/h6-7,10H,4-5,8-9H2,1-3H3. The van der Waals surface area contributed by atoms with Gasteiger partial charge in [-0.2, -0.15) is 4.31 Å². The lowest BCUT2D eigenvalue weighted by Gasteiger charge is -2.24. The van der Waals surface area contributed by atoms with E-state index in [9.17, 15) is 8.42 Å². The van der Waals surface area contributed by atoms with Crippen molar-refractivity contribution in [2.24, 2.45) is 5.92 Å². The minimum atomic E-state index is -3.68. The Labute approximate surface area is 142 Å². The minimum Gasteiger partial charge on any atom is -0.207 e. The quantitative estimate of drug-likeness (QED) is 0.645. The van der Waals surface area contributed by atoms with Crippen LogP contribution in [0.2, 0.25) is 10.0 Å². The first-order valence-corrected chi connectivity index (χ1v) is 9.54. The molecule has 1 aromatic rings.